The van der Waals surface area contributed by atoms with E-state index in [4.69, 9.17) is 0 Å². The Hall–Kier alpha value is -3.61. The molecular weight excluding hydrogens is 344 g/mol. The number of nitrogens with one attached hydrogen (secondary N) is 2. The minimum Gasteiger partial charge on any atom is -0.324 e. The fourth-order valence-electron chi connectivity index (χ4n) is 2.06. The van der Waals surface area contributed by atoms with E-state index in [0.29, 0.717) is 22.6 Å². The highest BCUT2D eigenvalue weighted by Crippen LogP contribution is 2.19. The molecule has 0 aliphatic carbocycles. The molecule has 7 heteroatoms. The van der Waals surface area contributed by atoms with Crippen LogP contribution in [0.1, 0.15) is 13.8 Å². The summed E-state index contributed by atoms with van der Waals surface area (Å²) in [6, 6.07) is 14.1. The Labute approximate surface area is 157 Å². The summed E-state index contributed by atoms with van der Waals surface area (Å²) in [5.74, 6) is -1.31. The predicted octanol–water partition coefficient (Wildman–Crippen LogP) is 3.88. The van der Waals surface area contributed by atoms with E-state index in [2.05, 4.69) is 27.4 Å². The number of nitrogens with zero attached hydrogens (tertiary/aromatic N) is 2. The summed E-state index contributed by atoms with van der Waals surface area (Å²) < 4.78 is 0. The predicted molar refractivity (Wildman–Crippen MR) is 104 cm³/mol. The van der Waals surface area contributed by atoms with E-state index in [1.165, 1.54) is 6.92 Å². The maximum atomic E-state index is 12.3. The smallest absolute Gasteiger partial charge is 0.258 e. The van der Waals surface area contributed by atoms with E-state index in [1.807, 2.05) is 6.07 Å². The lowest BCUT2D eigenvalue weighted by Gasteiger charge is -2.09. The molecule has 0 saturated heterocycles. The van der Waals surface area contributed by atoms with Crippen LogP contribution in [0.15, 0.2) is 77.0 Å². The first-order chi connectivity index (χ1) is 12.9. The number of rotatable bonds is 7. The van der Waals surface area contributed by atoms with Gasteiger partial charge in [-0.05, 0) is 44.2 Å². The molecule has 0 aliphatic rings. The monoisotopic (exact) mass is 364 g/mol. The molecule has 2 rings (SSSR count). The molecule has 0 bridgehead atoms. The van der Waals surface area contributed by atoms with Crippen LogP contribution in [0.5, 0.6) is 0 Å². The number of Topliss-reactive ketones (excluding diaryl/α,β-unsaturated/α-hetero) is 1. The number of carbonyl (C=O) groups excluding carboxylic acids is 3. The van der Waals surface area contributed by atoms with Crippen molar-refractivity contribution < 1.29 is 14.4 Å². The molecule has 0 fully saturated rings. The van der Waals surface area contributed by atoms with Gasteiger partial charge in [0.2, 0.25) is 6.04 Å². The first-order valence-electron chi connectivity index (χ1n) is 8.21. The number of carbonyl (C=O) groups is 3. The molecule has 0 aliphatic heterocycles. The van der Waals surface area contributed by atoms with Gasteiger partial charge < -0.3 is 10.6 Å². The SMILES string of the molecule is C=C(C)C(=O)Nc1cccc(N=NC(C(C)=O)C(=O)Nc2ccccc2)c1. The fraction of sp³-hybridized carbons (Fsp3) is 0.150. The second-order valence-corrected chi connectivity index (χ2v) is 5.87. The molecular formula is C20H20N4O3. The van der Waals surface area contributed by atoms with Crippen molar-refractivity contribution in [2.75, 3.05) is 10.6 Å². The van der Waals surface area contributed by atoms with Crippen molar-refractivity contribution in [3.63, 3.8) is 0 Å². The van der Waals surface area contributed by atoms with Gasteiger partial charge >= 0.3 is 0 Å². The maximum absolute atomic E-state index is 12.3. The van der Waals surface area contributed by atoms with Crippen LogP contribution in [0.2, 0.25) is 0 Å². The topological polar surface area (TPSA) is 100.0 Å². The third kappa shape index (κ3) is 6.00. The Balaban J connectivity index is 2.12. The third-order valence-electron chi connectivity index (χ3n) is 3.46. The largest absolute Gasteiger partial charge is 0.324 e. The summed E-state index contributed by atoms with van der Waals surface area (Å²) in [5, 5.41) is 13.1. The molecule has 1 unspecified atom stereocenters. The van der Waals surface area contributed by atoms with Gasteiger partial charge in [-0.25, -0.2) is 0 Å². The van der Waals surface area contributed by atoms with Crippen LogP contribution in [0.4, 0.5) is 17.1 Å². The number of hydrogen-bond donors (Lipinski definition) is 2. The minimum absolute atomic E-state index is 0.312. The second kappa shape index (κ2) is 9.19. The van der Waals surface area contributed by atoms with Gasteiger partial charge in [-0.3, -0.25) is 14.4 Å². The molecule has 0 heterocycles. The minimum atomic E-state index is -1.26. The zero-order chi connectivity index (χ0) is 19.8. The Morgan fingerprint density at radius 2 is 1.59 bits per heavy atom. The summed E-state index contributed by atoms with van der Waals surface area (Å²) in [6.07, 6.45) is 0. The van der Waals surface area contributed by atoms with E-state index in [1.54, 1.807) is 55.5 Å². The van der Waals surface area contributed by atoms with Crippen molar-refractivity contribution in [3.8, 4) is 0 Å². The number of anilines is 2. The molecule has 0 radical (unpaired) electrons. The van der Waals surface area contributed by atoms with E-state index >= 15 is 0 Å². The van der Waals surface area contributed by atoms with Gasteiger partial charge in [0.25, 0.3) is 11.8 Å². The van der Waals surface area contributed by atoms with E-state index in [0.717, 1.165) is 0 Å². The Kier molecular flexibility index (Phi) is 6.71. The van der Waals surface area contributed by atoms with Gasteiger partial charge in [-0.2, -0.15) is 10.2 Å². The quantitative estimate of drug-likeness (QED) is 0.443. The molecule has 0 saturated carbocycles. The highest BCUT2D eigenvalue weighted by atomic mass is 16.2. The maximum Gasteiger partial charge on any atom is 0.258 e. The highest BCUT2D eigenvalue weighted by molar-refractivity contribution is 6.10. The number of amides is 2. The van der Waals surface area contributed by atoms with Crippen LogP contribution in [0, 0.1) is 0 Å². The van der Waals surface area contributed by atoms with Crippen molar-refractivity contribution in [1.29, 1.82) is 0 Å². The molecule has 0 aromatic heterocycles. The molecule has 27 heavy (non-hydrogen) atoms. The van der Waals surface area contributed by atoms with Gasteiger partial charge in [-0.1, -0.05) is 30.8 Å². The molecule has 2 N–H and O–H groups in total. The Bertz CT molecular complexity index is 891. The first-order valence-corrected chi connectivity index (χ1v) is 8.21. The van der Waals surface area contributed by atoms with Crippen molar-refractivity contribution in [1.82, 2.24) is 0 Å². The van der Waals surface area contributed by atoms with Crippen LogP contribution < -0.4 is 10.6 Å². The Morgan fingerprint density at radius 3 is 2.22 bits per heavy atom. The third-order valence-corrected chi connectivity index (χ3v) is 3.46. The second-order valence-electron chi connectivity index (χ2n) is 5.87. The van der Waals surface area contributed by atoms with Crippen LogP contribution in [-0.4, -0.2) is 23.6 Å². The molecule has 2 aromatic carbocycles. The molecule has 138 valence electrons. The van der Waals surface area contributed by atoms with Gasteiger partial charge in [0.15, 0.2) is 5.78 Å². The number of benzene rings is 2. The van der Waals surface area contributed by atoms with Gasteiger partial charge in [0.1, 0.15) is 0 Å². The lowest BCUT2D eigenvalue weighted by Crippen LogP contribution is -2.31. The lowest BCUT2D eigenvalue weighted by atomic mass is 10.2. The van der Waals surface area contributed by atoms with Crippen LogP contribution in [-0.2, 0) is 14.4 Å². The summed E-state index contributed by atoms with van der Waals surface area (Å²) >= 11 is 0. The zero-order valence-corrected chi connectivity index (χ0v) is 15.1. The number of azo groups is 1. The van der Waals surface area contributed by atoms with Crippen LogP contribution in [0.3, 0.4) is 0 Å². The number of hydrogen-bond acceptors (Lipinski definition) is 5. The van der Waals surface area contributed by atoms with Crippen molar-refractivity contribution >= 4 is 34.7 Å². The average Bonchev–Trinajstić information content (AvgIpc) is 2.62. The summed E-state index contributed by atoms with van der Waals surface area (Å²) in [7, 11) is 0. The number of para-hydroxylation sites is 1. The molecule has 1 atom stereocenters. The normalized spacial score (nSPS) is 11.6. The summed E-state index contributed by atoms with van der Waals surface area (Å²) in [6.45, 7) is 6.44. The molecule has 2 aromatic rings. The standard InChI is InChI=1S/C20H20N4O3/c1-13(2)19(26)22-16-10-7-11-17(12-16)23-24-18(14(3)25)20(27)21-15-8-5-4-6-9-15/h4-12,18H,1H2,2-3H3,(H,21,27)(H,22,26). The fourth-order valence-corrected chi connectivity index (χ4v) is 2.06. The van der Waals surface area contributed by atoms with Gasteiger partial charge in [0.05, 0.1) is 5.69 Å². The Morgan fingerprint density at radius 1 is 0.926 bits per heavy atom. The highest BCUT2D eigenvalue weighted by Gasteiger charge is 2.23. The number of ketones is 1. The van der Waals surface area contributed by atoms with E-state index < -0.39 is 17.7 Å². The average molecular weight is 364 g/mol. The van der Waals surface area contributed by atoms with Crippen molar-refractivity contribution in [3.05, 3.63) is 66.7 Å². The molecule has 0 spiro atoms. The van der Waals surface area contributed by atoms with E-state index in [-0.39, 0.29) is 5.91 Å². The summed E-state index contributed by atoms with van der Waals surface area (Å²) in [5.41, 5.74) is 1.84. The van der Waals surface area contributed by atoms with Crippen LogP contribution >= 0.6 is 0 Å². The van der Waals surface area contributed by atoms with Gasteiger partial charge in [-0.15, -0.1) is 0 Å². The lowest BCUT2D eigenvalue weighted by molar-refractivity contribution is -0.126. The molecule has 2 amide bonds. The molecule has 7 nitrogen and oxygen atoms in total. The van der Waals surface area contributed by atoms with Crippen molar-refractivity contribution in [2.45, 2.75) is 19.9 Å². The zero-order valence-electron chi connectivity index (χ0n) is 15.1. The van der Waals surface area contributed by atoms with Gasteiger partial charge in [0, 0.05) is 16.9 Å². The first kappa shape index (κ1) is 19.7. The summed E-state index contributed by atoms with van der Waals surface area (Å²) in [4.78, 5) is 35.8. The van der Waals surface area contributed by atoms with Crippen molar-refractivity contribution in [2.24, 2.45) is 10.2 Å². The van der Waals surface area contributed by atoms with Crippen LogP contribution in [0.25, 0.3) is 0 Å². The van der Waals surface area contributed by atoms with E-state index in [9.17, 15) is 14.4 Å².